The smallest absolute Gasteiger partial charge is 0.171 e. The first kappa shape index (κ1) is 14.6. The molecule has 4 rings (SSSR count). The van der Waals surface area contributed by atoms with Crippen molar-refractivity contribution < 1.29 is 0 Å². The zero-order valence-corrected chi connectivity index (χ0v) is 14.3. The lowest BCUT2D eigenvalue weighted by molar-refractivity contribution is 0.695. The van der Waals surface area contributed by atoms with E-state index in [1.807, 2.05) is 16.8 Å². The number of anilines is 1. The first-order chi connectivity index (χ1) is 11.3. The number of pyridine rings is 1. The first-order valence-corrected chi connectivity index (χ1v) is 8.77. The van der Waals surface area contributed by atoms with Gasteiger partial charge in [-0.15, -0.1) is 0 Å². The predicted octanol–water partition coefficient (Wildman–Crippen LogP) is 4.16. The molecule has 0 saturated heterocycles. The van der Waals surface area contributed by atoms with Crippen molar-refractivity contribution in [1.82, 2.24) is 19.6 Å². The Morgan fingerprint density at radius 1 is 1.26 bits per heavy atom. The zero-order valence-electron chi connectivity index (χ0n) is 12.7. The van der Waals surface area contributed by atoms with Gasteiger partial charge in [-0.3, -0.25) is 4.98 Å². The summed E-state index contributed by atoms with van der Waals surface area (Å²) in [4.78, 5) is 9.00. The Hall–Kier alpha value is -1.95. The van der Waals surface area contributed by atoms with Gasteiger partial charge < -0.3 is 5.32 Å². The van der Waals surface area contributed by atoms with Crippen LogP contribution in [0.4, 0.5) is 5.82 Å². The molecule has 23 heavy (non-hydrogen) atoms. The second-order valence-corrected chi connectivity index (χ2v) is 6.84. The Labute approximate surface area is 143 Å². The Balaban J connectivity index is 1.68. The monoisotopic (exact) mass is 371 g/mol. The van der Waals surface area contributed by atoms with Gasteiger partial charge in [0.15, 0.2) is 5.65 Å². The van der Waals surface area contributed by atoms with Crippen molar-refractivity contribution in [2.45, 2.75) is 38.1 Å². The molecule has 0 aromatic carbocycles. The Kier molecular flexibility index (Phi) is 3.99. The van der Waals surface area contributed by atoms with Gasteiger partial charge in [0.2, 0.25) is 0 Å². The van der Waals surface area contributed by atoms with Gasteiger partial charge in [0.1, 0.15) is 5.82 Å². The third kappa shape index (κ3) is 2.95. The maximum atomic E-state index is 4.83. The largest absolute Gasteiger partial charge is 0.366 e. The lowest BCUT2D eigenvalue weighted by Gasteiger charge is -2.14. The predicted molar refractivity (Wildman–Crippen MR) is 93.5 cm³/mol. The molecule has 0 bridgehead atoms. The highest BCUT2D eigenvalue weighted by atomic mass is 79.9. The number of halogens is 1. The molecule has 1 aliphatic rings. The highest BCUT2D eigenvalue weighted by molar-refractivity contribution is 9.10. The van der Waals surface area contributed by atoms with E-state index >= 15 is 0 Å². The van der Waals surface area contributed by atoms with Crippen LogP contribution in [0.25, 0.3) is 5.65 Å². The third-order valence-electron chi connectivity index (χ3n) is 4.42. The van der Waals surface area contributed by atoms with Gasteiger partial charge in [-0.2, -0.15) is 9.61 Å². The van der Waals surface area contributed by atoms with Gasteiger partial charge in [-0.25, -0.2) is 4.98 Å². The lowest BCUT2D eigenvalue weighted by Crippen LogP contribution is -2.09. The number of nitrogens with one attached hydrogen (secondary N) is 1. The number of fused-ring (bicyclic) bond motifs is 1. The van der Waals surface area contributed by atoms with Crippen LogP contribution in [-0.2, 0) is 6.54 Å². The molecule has 0 radical (unpaired) electrons. The molecule has 0 spiro atoms. The third-order valence-corrected chi connectivity index (χ3v) is 4.98. The minimum atomic E-state index is 0.570. The first-order valence-electron chi connectivity index (χ1n) is 7.98. The second-order valence-electron chi connectivity index (χ2n) is 5.99. The Bertz CT molecular complexity index is 808. The maximum Gasteiger partial charge on any atom is 0.171 e. The number of rotatable bonds is 4. The molecule has 3 aromatic rings. The quantitative estimate of drug-likeness (QED) is 0.747. The van der Waals surface area contributed by atoms with Gasteiger partial charge in [-0.05, 0) is 40.4 Å². The van der Waals surface area contributed by atoms with Crippen LogP contribution in [0.1, 0.15) is 42.9 Å². The zero-order chi connectivity index (χ0) is 15.6. The molecule has 1 N–H and O–H groups in total. The minimum absolute atomic E-state index is 0.570. The molecular formula is C17H18BrN5. The number of hydrogen-bond donors (Lipinski definition) is 1. The molecule has 0 unspecified atom stereocenters. The average molecular weight is 372 g/mol. The molecular weight excluding hydrogens is 354 g/mol. The van der Waals surface area contributed by atoms with Gasteiger partial charge >= 0.3 is 0 Å². The molecule has 5 nitrogen and oxygen atoms in total. The van der Waals surface area contributed by atoms with E-state index in [4.69, 9.17) is 4.98 Å². The molecule has 118 valence electrons. The van der Waals surface area contributed by atoms with Crippen molar-refractivity contribution in [2.75, 3.05) is 5.32 Å². The molecule has 0 atom stereocenters. The summed E-state index contributed by atoms with van der Waals surface area (Å²) in [7, 11) is 0. The summed E-state index contributed by atoms with van der Waals surface area (Å²) < 4.78 is 2.79. The van der Waals surface area contributed by atoms with E-state index in [2.05, 4.69) is 43.5 Å². The molecule has 3 aromatic heterocycles. The number of aromatic nitrogens is 4. The van der Waals surface area contributed by atoms with Crippen LogP contribution in [0.2, 0.25) is 0 Å². The van der Waals surface area contributed by atoms with E-state index < -0.39 is 0 Å². The van der Waals surface area contributed by atoms with E-state index in [0.29, 0.717) is 12.5 Å². The summed E-state index contributed by atoms with van der Waals surface area (Å²) in [5.74, 6) is 1.55. The van der Waals surface area contributed by atoms with Crippen molar-refractivity contribution in [3.63, 3.8) is 0 Å². The molecule has 1 aliphatic carbocycles. The summed E-state index contributed by atoms with van der Waals surface area (Å²) in [6.45, 7) is 0.717. The minimum Gasteiger partial charge on any atom is -0.366 e. The van der Waals surface area contributed by atoms with Crippen LogP contribution in [0.5, 0.6) is 0 Å². The lowest BCUT2D eigenvalue weighted by atomic mass is 10.0. The summed E-state index contributed by atoms with van der Waals surface area (Å²) in [5.41, 5.74) is 3.19. The van der Waals surface area contributed by atoms with Gasteiger partial charge in [0.05, 0.1) is 10.7 Å². The molecule has 3 heterocycles. The molecule has 6 heteroatoms. The van der Waals surface area contributed by atoms with Crippen LogP contribution in [0, 0.1) is 0 Å². The van der Waals surface area contributed by atoms with E-state index in [1.54, 1.807) is 12.4 Å². The second kappa shape index (κ2) is 6.28. The SMILES string of the molecule is Brc1cnn2c(NCc3cccnc3)cc(C3CCCC3)nc12. The fourth-order valence-corrected chi connectivity index (χ4v) is 3.55. The maximum absolute atomic E-state index is 4.83. The van der Waals surface area contributed by atoms with E-state index in [1.165, 1.54) is 31.4 Å². The van der Waals surface area contributed by atoms with E-state index in [0.717, 1.165) is 21.5 Å². The highest BCUT2D eigenvalue weighted by Gasteiger charge is 2.21. The summed E-state index contributed by atoms with van der Waals surface area (Å²) in [5, 5.41) is 7.91. The fourth-order valence-electron chi connectivity index (χ4n) is 3.21. The van der Waals surface area contributed by atoms with Crippen LogP contribution in [0.3, 0.4) is 0 Å². The van der Waals surface area contributed by atoms with E-state index in [-0.39, 0.29) is 0 Å². The average Bonchev–Trinajstić information content (AvgIpc) is 3.24. The summed E-state index contributed by atoms with van der Waals surface area (Å²) >= 11 is 3.56. The molecule has 0 aliphatic heterocycles. The number of hydrogen-bond acceptors (Lipinski definition) is 4. The number of nitrogens with zero attached hydrogens (tertiary/aromatic N) is 4. The van der Waals surface area contributed by atoms with Crippen LogP contribution in [-0.4, -0.2) is 19.6 Å². The molecule has 1 fully saturated rings. The highest BCUT2D eigenvalue weighted by Crippen LogP contribution is 2.35. The van der Waals surface area contributed by atoms with Crippen molar-refractivity contribution in [2.24, 2.45) is 0 Å². The topological polar surface area (TPSA) is 55.1 Å². The van der Waals surface area contributed by atoms with Gasteiger partial charge in [-0.1, -0.05) is 18.9 Å². The Morgan fingerprint density at radius 3 is 2.91 bits per heavy atom. The molecule has 1 saturated carbocycles. The normalized spacial score (nSPS) is 15.3. The van der Waals surface area contributed by atoms with Gasteiger partial charge in [0, 0.05) is 36.6 Å². The standard InChI is InChI=1S/C17H18BrN5/c18-14-11-21-23-16(20-10-12-4-3-7-19-9-12)8-15(22-17(14)23)13-5-1-2-6-13/h3-4,7-9,11,13,20H,1-2,5-6,10H2. The fraction of sp³-hybridized carbons (Fsp3) is 0.353. The Morgan fingerprint density at radius 2 is 2.13 bits per heavy atom. The van der Waals surface area contributed by atoms with Gasteiger partial charge in [0.25, 0.3) is 0 Å². The van der Waals surface area contributed by atoms with Crippen LogP contribution < -0.4 is 5.32 Å². The van der Waals surface area contributed by atoms with Crippen molar-refractivity contribution >= 4 is 27.4 Å². The summed E-state index contributed by atoms with van der Waals surface area (Å²) in [6, 6.07) is 6.17. The van der Waals surface area contributed by atoms with Crippen molar-refractivity contribution in [3.05, 3.63) is 52.5 Å². The van der Waals surface area contributed by atoms with Crippen LogP contribution in [0.15, 0.2) is 41.3 Å². The van der Waals surface area contributed by atoms with E-state index in [9.17, 15) is 0 Å². The summed E-state index contributed by atoms with van der Waals surface area (Å²) in [6.07, 6.45) is 10.5. The molecule has 0 amide bonds. The van der Waals surface area contributed by atoms with Crippen molar-refractivity contribution in [3.8, 4) is 0 Å². The van der Waals surface area contributed by atoms with Crippen LogP contribution >= 0.6 is 15.9 Å². The van der Waals surface area contributed by atoms with Crippen molar-refractivity contribution in [1.29, 1.82) is 0 Å².